The number of carbonyl (C=O) groups is 2. The fourth-order valence-electron chi connectivity index (χ4n) is 2.79. The Morgan fingerprint density at radius 3 is 2.28 bits per heavy atom. The van der Waals surface area contributed by atoms with E-state index in [1.54, 1.807) is 42.5 Å². The van der Waals surface area contributed by atoms with E-state index >= 15 is 0 Å². The van der Waals surface area contributed by atoms with E-state index < -0.39 is 10.0 Å². The standard InChI is InChI=1S/C21H21N3O4S/c1-22-21(26)16-6-9-18(10-7-16)24-20(25)12-13-23-29(27,28)19-11-8-15-4-2-3-5-17(15)14-19/h2-11,14,23H,12-13H2,1H3,(H,22,26)(H,24,25). The molecule has 150 valence electrons. The molecular formula is C21H21N3O4S. The minimum absolute atomic E-state index is 0.0238. The Bertz CT molecular complexity index is 1140. The average Bonchev–Trinajstić information content (AvgIpc) is 2.73. The van der Waals surface area contributed by atoms with Crippen molar-refractivity contribution in [2.24, 2.45) is 0 Å². The van der Waals surface area contributed by atoms with Crippen LogP contribution < -0.4 is 15.4 Å². The lowest BCUT2D eigenvalue weighted by Crippen LogP contribution is -2.27. The van der Waals surface area contributed by atoms with Crippen LogP contribution in [0.5, 0.6) is 0 Å². The molecule has 0 aliphatic heterocycles. The molecule has 0 bridgehead atoms. The fraction of sp³-hybridized carbons (Fsp3) is 0.143. The Labute approximate surface area is 169 Å². The minimum Gasteiger partial charge on any atom is -0.355 e. The summed E-state index contributed by atoms with van der Waals surface area (Å²) in [4.78, 5) is 23.7. The molecule has 0 aromatic heterocycles. The van der Waals surface area contributed by atoms with Gasteiger partial charge in [-0.1, -0.05) is 30.3 Å². The number of anilines is 1. The van der Waals surface area contributed by atoms with Crippen molar-refractivity contribution in [2.45, 2.75) is 11.3 Å². The van der Waals surface area contributed by atoms with Gasteiger partial charge in [-0.2, -0.15) is 0 Å². The lowest BCUT2D eigenvalue weighted by molar-refractivity contribution is -0.116. The van der Waals surface area contributed by atoms with Crippen molar-refractivity contribution in [3.63, 3.8) is 0 Å². The molecule has 3 rings (SSSR count). The molecule has 0 heterocycles. The summed E-state index contributed by atoms with van der Waals surface area (Å²) in [5.41, 5.74) is 1.01. The maximum absolute atomic E-state index is 12.5. The van der Waals surface area contributed by atoms with Crippen LogP contribution in [0.1, 0.15) is 16.8 Å². The molecule has 3 aromatic carbocycles. The Morgan fingerprint density at radius 2 is 1.59 bits per heavy atom. The number of sulfonamides is 1. The van der Waals surface area contributed by atoms with Crippen LogP contribution in [0.2, 0.25) is 0 Å². The van der Waals surface area contributed by atoms with Gasteiger partial charge in [-0.3, -0.25) is 9.59 Å². The molecule has 0 fully saturated rings. The van der Waals surface area contributed by atoms with Gasteiger partial charge in [0, 0.05) is 31.3 Å². The monoisotopic (exact) mass is 411 g/mol. The number of hydrogen-bond donors (Lipinski definition) is 3. The molecule has 7 nitrogen and oxygen atoms in total. The molecule has 0 atom stereocenters. The normalized spacial score (nSPS) is 11.2. The van der Waals surface area contributed by atoms with Crippen molar-refractivity contribution in [2.75, 3.05) is 18.9 Å². The van der Waals surface area contributed by atoms with Crippen molar-refractivity contribution in [1.82, 2.24) is 10.0 Å². The smallest absolute Gasteiger partial charge is 0.251 e. The summed E-state index contributed by atoms with van der Waals surface area (Å²) in [6.45, 7) is -0.0304. The molecule has 0 saturated carbocycles. The highest BCUT2D eigenvalue weighted by Gasteiger charge is 2.15. The van der Waals surface area contributed by atoms with E-state index in [2.05, 4.69) is 15.4 Å². The Hall–Kier alpha value is -3.23. The van der Waals surface area contributed by atoms with Gasteiger partial charge in [0.2, 0.25) is 15.9 Å². The molecule has 0 aliphatic rings. The van der Waals surface area contributed by atoms with Crippen LogP contribution in [0.3, 0.4) is 0 Å². The van der Waals surface area contributed by atoms with Crippen LogP contribution >= 0.6 is 0 Å². The average molecular weight is 411 g/mol. The van der Waals surface area contributed by atoms with E-state index in [0.717, 1.165) is 10.8 Å². The Morgan fingerprint density at radius 1 is 0.897 bits per heavy atom. The Kier molecular flexibility index (Phi) is 6.26. The third kappa shape index (κ3) is 5.18. The third-order valence-electron chi connectivity index (χ3n) is 4.33. The largest absolute Gasteiger partial charge is 0.355 e. The van der Waals surface area contributed by atoms with Crippen LogP contribution in [-0.2, 0) is 14.8 Å². The van der Waals surface area contributed by atoms with Crippen LogP contribution in [0, 0.1) is 0 Å². The molecule has 0 radical (unpaired) electrons. The maximum Gasteiger partial charge on any atom is 0.251 e. The fourth-order valence-corrected chi connectivity index (χ4v) is 3.86. The zero-order valence-corrected chi connectivity index (χ0v) is 16.6. The predicted molar refractivity (Wildman–Crippen MR) is 112 cm³/mol. The lowest BCUT2D eigenvalue weighted by Gasteiger charge is -2.09. The van der Waals surface area contributed by atoms with E-state index in [-0.39, 0.29) is 29.7 Å². The van der Waals surface area contributed by atoms with Crippen LogP contribution in [0.4, 0.5) is 5.69 Å². The van der Waals surface area contributed by atoms with Crippen molar-refractivity contribution in [1.29, 1.82) is 0 Å². The molecule has 2 amide bonds. The summed E-state index contributed by atoms with van der Waals surface area (Å²) < 4.78 is 27.4. The number of benzene rings is 3. The summed E-state index contributed by atoms with van der Waals surface area (Å²) in [6, 6.07) is 18.8. The van der Waals surface area contributed by atoms with Crippen molar-refractivity contribution < 1.29 is 18.0 Å². The topological polar surface area (TPSA) is 104 Å². The van der Waals surface area contributed by atoms with Crippen LogP contribution in [0.15, 0.2) is 71.6 Å². The molecular weight excluding hydrogens is 390 g/mol. The molecule has 0 saturated heterocycles. The van der Waals surface area contributed by atoms with E-state index in [1.807, 2.05) is 24.3 Å². The van der Waals surface area contributed by atoms with Gasteiger partial charge >= 0.3 is 0 Å². The number of carbonyl (C=O) groups excluding carboxylic acids is 2. The summed E-state index contributed by atoms with van der Waals surface area (Å²) in [5, 5.41) is 6.97. The van der Waals surface area contributed by atoms with Crippen LogP contribution in [0.25, 0.3) is 10.8 Å². The second-order valence-electron chi connectivity index (χ2n) is 6.36. The quantitative estimate of drug-likeness (QED) is 0.556. The third-order valence-corrected chi connectivity index (χ3v) is 5.79. The summed E-state index contributed by atoms with van der Waals surface area (Å²) >= 11 is 0. The van der Waals surface area contributed by atoms with E-state index in [0.29, 0.717) is 11.3 Å². The summed E-state index contributed by atoms with van der Waals surface area (Å²) in [6.07, 6.45) is -0.0238. The van der Waals surface area contributed by atoms with Gasteiger partial charge in [0.15, 0.2) is 0 Å². The van der Waals surface area contributed by atoms with Crippen molar-refractivity contribution >= 4 is 38.3 Å². The van der Waals surface area contributed by atoms with Crippen molar-refractivity contribution in [3.05, 3.63) is 72.3 Å². The second kappa shape index (κ2) is 8.85. The SMILES string of the molecule is CNC(=O)c1ccc(NC(=O)CCNS(=O)(=O)c2ccc3ccccc3c2)cc1. The van der Waals surface area contributed by atoms with Gasteiger partial charge in [0.25, 0.3) is 5.91 Å². The number of nitrogens with one attached hydrogen (secondary N) is 3. The van der Waals surface area contributed by atoms with Gasteiger partial charge in [0.05, 0.1) is 4.90 Å². The molecule has 0 aliphatic carbocycles. The molecule has 0 spiro atoms. The van der Waals surface area contributed by atoms with Crippen molar-refractivity contribution in [3.8, 4) is 0 Å². The van der Waals surface area contributed by atoms with Gasteiger partial charge in [0.1, 0.15) is 0 Å². The van der Waals surface area contributed by atoms with E-state index in [9.17, 15) is 18.0 Å². The highest BCUT2D eigenvalue weighted by molar-refractivity contribution is 7.89. The first-order valence-corrected chi connectivity index (χ1v) is 10.5. The van der Waals surface area contributed by atoms with Gasteiger partial charge < -0.3 is 10.6 Å². The highest BCUT2D eigenvalue weighted by Crippen LogP contribution is 2.18. The number of rotatable bonds is 7. The lowest BCUT2D eigenvalue weighted by atomic mass is 10.1. The zero-order valence-electron chi connectivity index (χ0n) is 15.8. The van der Waals surface area contributed by atoms with Gasteiger partial charge in [-0.15, -0.1) is 0 Å². The molecule has 3 N–H and O–H groups in total. The molecule has 8 heteroatoms. The minimum atomic E-state index is -3.71. The van der Waals surface area contributed by atoms with Gasteiger partial charge in [-0.05, 0) is 47.2 Å². The molecule has 29 heavy (non-hydrogen) atoms. The zero-order chi connectivity index (χ0) is 20.9. The van der Waals surface area contributed by atoms with E-state index in [1.165, 1.54) is 7.05 Å². The molecule has 3 aromatic rings. The second-order valence-corrected chi connectivity index (χ2v) is 8.13. The summed E-state index contributed by atoms with van der Waals surface area (Å²) in [5.74, 6) is -0.551. The first kappa shape index (κ1) is 20.5. The number of amides is 2. The maximum atomic E-state index is 12.5. The molecule has 0 unspecified atom stereocenters. The number of fused-ring (bicyclic) bond motifs is 1. The Balaban J connectivity index is 1.55. The van der Waals surface area contributed by atoms with Gasteiger partial charge in [-0.25, -0.2) is 13.1 Å². The predicted octanol–water partition coefficient (Wildman–Crippen LogP) is 2.51. The number of hydrogen-bond acceptors (Lipinski definition) is 4. The first-order valence-electron chi connectivity index (χ1n) is 8.99. The van der Waals surface area contributed by atoms with E-state index in [4.69, 9.17) is 0 Å². The van der Waals surface area contributed by atoms with Crippen LogP contribution in [-0.4, -0.2) is 33.8 Å². The highest BCUT2D eigenvalue weighted by atomic mass is 32.2. The summed E-state index contributed by atoms with van der Waals surface area (Å²) in [7, 11) is -2.17. The first-order chi connectivity index (χ1) is 13.9.